The van der Waals surface area contributed by atoms with Crippen LogP contribution >= 0.6 is 0 Å². The second-order valence-corrected chi connectivity index (χ2v) is 8.13. The van der Waals surface area contributed by atoms with Crippen molar-refractivity contribution >= 4 is 5.91 Å². The van der Waals surface area contributed by atoms with Gasteiger partial charge in [0.15, 0.2) is 0 Å². The van der Waals surface area contributed by atoms with Crippen molar-refractivity contribution in [3.8, 4) is 5.75 Å². The number of amides is 1. The summed E-state index contributed by atoms with van der Waals surface area (Å²) in [5.41, 5.74) is 1.65. The van der Waals surface area contributed by atoms with Crippen molar-refractivity contribution in [1.82, 2.24) is 20.0 Å². The zero-order valence-corrected chi connectivity index (χ0v) is 17.3. The van der Waals surface area contributed by atoms with Gasteiger partial charge < -0.3 is 14.8 Å². The minimum absolute atomic E-state index is 0.0301. The number of nitrogens with zero attached hydrogens (tertiary/aromatic N) is 3. The van der Waals surface area contributed by atoms with Crippen molar-refractivity contribution < 1.29 is 14.3 Å². The van der Waals surface area contributed by atoms with Crippen LogP contribution in [0, 0.1) is 0 Å². The average molecular weight is 399 g/mol. The number of likely N-dealkylation sites (tertiary alicyclic amines) is 1. The largest absolute Gasteiger partial charge is 0.496 e. The Labute approximate surface area is 172 Å². The molecule has 0 aliphatic carbocycles. The number of hydrogen-bond acceptors (Lipinski definition) is 5. The lowest BCUT2D eigenvalue weighted by molar-refractivity contribution is -0.0765. The molecule has 7 nitrogen and oxygen atoms in total. The van der Waals surface area contributed by atoms with Gasteiger partial charge in [-0.2, -0.15) is 5.10 Å². The van der Waals surface area contributed by atoms with Crippen LogP contribution in [0.15, 0.2) is 36.5 Å². The molecule has 0 radical (unpaired) electrons. The van der Waals surface area contributed by atoms with E-state index in [9.17, 15) is 4.79 Å². The first-order valence-corrected chi connectivity index (χ1v) is 10.4. The monoisotopic (exact) mass is 398 g/mol. The summed E-state index contributed by atoms with van der Waals surface area (Å²) in [6.45, 7) is 3.49. The Kier molecular flexibility index (Phi) is 5.87. The molecule has 2 fully saturated rings. The maximum Gasteiger partial charge on any atom is 0.271 e. The zero-order valence-electron chi connectivity index (χ0n) is 17.3. The van der Waals surface area contributed by atoms with Gasteiger partial charge in [0.05, 0.1) is 18.8 Å². The fourth-order valence-corrected chi connectivity index (χ4v) is 4.43. The molecule has 1 aromatic carbocycles. The average Bonchev–Trinajstić information content (AvgIpc) is 3.35. The van der Waals surface area contributed by atoms with Crippen LogP contribution in [-0.4, -0.2) is 59.0 Å². The van der Waals surface area contributed by atoms with E-state index in [4.69, 9.17) is 9.47 Å². The molecule has 3 heterocycles. The van der Waals surface area contributed by atoms with Crippen LogP contribution in [0.1, 0.15) is 41.7 Å². The third-order valence-corrected chi connectivity index (χ3v) is 6.13. The Bertz CT molecular complexity index is 842. The Morgan fingerprint density at radius 2 is 2.07 bits per heavy atom. The van der Waals surface area contributed by atoms with Crippen molar-refractivity contribution in [1.29, 1.82) is 0 Å². The van der Waals surface area contributed by atoms with E-state index in [1.807, 2.05) is 12.1 Å². The summed E-state index contributed by atoms with van der Waals surface area (Å²) in [5, 5.41) is 7.11. The summed E-state index contributed by atoms with van der Waals surface area (Å²) < 4.78 is 13.5. The molecule has 0 bridgehead atoms. The topological polar surface area (TPSA) is 68.6 Å². The number of aryl methyl sites for hydroxylation is 1. The van der Waals surface area contributed by atoms with E-state index in [-0.39, 0.29) is 17.6 Å². The van der Waals surface area contributed by atoms with Gasteiger partial charge in [-0.25, -0.2) is 0 Å². The first-order chi connectivity index (χ1) is 14.1. The van der Waals surface area contributed by atoms with Gasteiger partial charge in [0.1, 0.15) is 11.4 Å². The molecule has 2 saturated heterocycles. The number of carbonyl (C=O) groups is 1. The van der Waals surface area contributed by atoms with Crippen molar-refractivity contribution in [3.05, 3.63) is 47.8 Å². The molecule has 2 aliphatic rings. The van der Waals surface area contributed by atoms with Crippen LogP contribution in [0.3, 0.4) is 0 Å². The lowest BCUT2D eigenvalue weighted by Gasteiger charge is -2.39. The van der Waals surface area contributed by atoms with Crippen LogP contribution in [0.5, 0.6) is 5.75 Å². The molecule has 1 spiro atoms. The molecule has 4 rings (SSSR count). The molecule has 156 valence electrons. The molecule has 2 aromatic rings. The normalized spacial score (nSPS) is 21.4. The lowest BCUT2D eigenvalue weighted by atomic mass is 9.88. The summed E-state index contributed by atoms with van der Waals surface area (Å²) in [6, 6.07) is 9.95. The summed E-state index contributed by atoms with van der Waals surface area (Å²) in [7, 11) is 3.53. The van der Waals surface area contributed by atoms with Crippen molar-refractivity contribution in [3.63, 3.8) is 0 Å². The zero-order chi connectivity index (χ0) is 20.3. The molecular formula is C22H30N4O3. The Balaban J connectivity index is 1.24. The maximum atomic E-state index is 12.2. The molecule has 2 aliphatic heterocycles. The fraction of sp³-hybridized carbons (Fsp3) is 0.545. The molecule has 0 saturated carbocycles. The quantitative estimate of drug-likeness (QED) is 0.809. The van der Waals surface area contributed by atoms with Crippen molar-refractivity contribution in [2.75, 3.05) is 26.7 Å². The predicted octanol–water partition coefficient (Wildman–Crippen LogP) is 2.37. The molecule has 29 heavy (non-hydrogen) atoms. The first kappa shape index (κ1) is 19.9. The lowest BCUT2D eigenvalue weighted by Crippen LogP contribution is -2.44. The first-order valence-electron chi connectivity index (χ1n) is 10.4. The smallest absolute Gasteiger partial charge is 0.271 e. The third-order valence-electron chi connectivity index (χ3n) is 6.13. The minimum atomic E-state index is -0.137. The van der Waals surface area contributed by atoms with E-state index in [1.165, 1.54) is 5.56 Å². The molecular weight excluding hydrogens is 368 g/mol. The third kappa shape index (κ3) is 4.62. The van der Waals surface area contributed by atoms with E-state index < -0.39 is 0 Å². The molecule has 7 heteroatoms. The Morgan fingerprint density at radius 1 is 1.28 bits per heavy atom. The number of benzene rings is 1. The number of methoxy groups -OCH3 is 1. The molecule has 1 atom stereocenters. The van der Waals surface area contributed by atoms with Crippen LogP contribution in [-0.2, 0) is 18.3 Å². The van der Waals surface area contributed by atoms with E-state index in [1.54, 1.807) is 31.1 Å². The van der Waals surface area contributed by atoms with Crippen molar-refractivity contribution in [2.24, 2.45) is 7.05 Å². The van der Waals surface area contributed by atoms with Gasteiger partial charge in [0.25, 0.3) is 5.91 Å². The number of piperidine rings is 1. The minimum Gasteiger partial charge on any atom is -0.496 e. The number of nitrogens with one attached hydrogen (secondary N) is 1. The number of rotatable bonds is 6. The standard InChI is InChI=1S/C22H30N4O3/c1-25-12-8-19(24-25)21(27)23-15-18-7-9-22(29-18)10-13-26(14-11-22)16-17-5-3-4-6-20(17)28-2/h3-6,8,12,18H,7,9-11,13-16H2,1-2H3,(H,23,27)/t18-/m0/s1. The van der Waals surface area contributed by atoms with Crippen LogP contribution in [0.2, 0.25) is 0 Å². The van der Waals surface area contributed by atoms with Gasteiger partial charge in [-0.15, -0.1) is 0 Å². The second-order valence-electron chi connectivity index (χ2n) is 8.13. The highest BCUT2D eigenvalue weighted by atomic mass is 16.5. The number of carbonyl (C=O) groups excluding carboxylic acids is 1. The van der Waals surface area contributed by atoms with E-state index in [2.05, 4.69) is 27.4 Å². The van der Waals surface area contributed by atoms with E-state index in [0.29, 0.717) is 12.2 Å². The fourth-order valence-electron chi connectivity index (χ4n) is 4.43. The van der Waals surface area contributed by atoms with Crippen molar-refractivity contribution in [2.45, 2.75) is 43.9 Å². The molecule has 0 unspecified atom stereocenters. The molecule has 1 N–H and O–H groups in total. The van der Waals surface area contributed by atoms with Gasteiger partial charge in [-0.05, 0) is 37.8 Å². The molecule has 1 aromatic heterocycles. The predicted molar refractivity (Wildman–Crippen MR) is 110 cm³/mol. The molecule has 1 amide bonds. The van der Waals surface area contributed by atoms with Gasteiger partial charge >= 0.3 is 0 Å². The second kappa shape index (κ2) is 8.55. The van der Waals surface area contributed by atoms with E-state index in [0.717, 1.165) is 51.1 Å². The maximum absolute atomic E-state index is 12.2. The Morgan fingerprint density at radius 3 is 2.79 bits per heavy atom. The summed E-state index contributed by atoms with van der Waals surface area (Å²) in [6.07, 6.45) is 5.99. The number of aromatic nitrogens is 2. The van der Waals surface area contributed by atoms with E-state index >= 15 is 0 Å². The summed E-state index contributed by atoms with van der Waals surface area (Å²) in [4.78, 5) is 14.7. The van der Waals surface area contributed by atoms with Gasteiger partial charge in [0.2, 0.25) is 0 Å². The Hall–Kier alpha value is -2.38. The number of ether oxygens (including phenoxy) is 2. The van der Waals surface area contributed by atoms with Gasteiger partial charge in [-0.1, -0.05) is 18.2 Å². The highest BCUT2D eigenvalue weighted by Crippen LogP contribution is 2.39. The summed E-state index contributed by atoms with van der Waals surface area (Å²) >= 11 is 0. The van der Waals surface area contributed by atoms with Crippen LogP contribution in [0.4, 0.5) is 0 Å². The van der Waals surface area contributed by atoms with Crippen LogP contribution < -0.4 is 10.1 Å². The SMILES string of the molecule is COc1ccccc1CN1CCC2(CC[C@@H](CNC(=O)c3ccn(C)n3)O2)CC1. The highest BCUT2D eigenvalue weighted by Gasteiger charge is 2.42. The van der Waals surface area contributed by atoms with Crippen LogP contribution in [0.25, 0.3) is 0 Å². The highest BCUT2D eigenvalue weighted by molar-refractivity contribution is 5.92. The van der Waals surface area contributed by atoms with Gasteiger partial charge in [0, 0.05) is 45.0 Å². The van der Waals surface area contributed by atoms with Gasteiger partial charge in [-0.3, -0.25) is 14.4 Å². The number of hydrogen-bond donors (Lipinski definition) is 1. The number of para-hydroxylation sites is 1. The summed E-state index contributed by atoms with van der Waals surface area (Å²) in [5.74, 6) is 0.815.